The standard InChI is InChI=1S/C15H20ClN3O2/c1-9(2)18-15(21)12-4-3-11(16)7-13(12)19-14(20)10-5-6-17-8-10/h3-4,7,9-10,17H,5-6,8H2,1-2H3,(H,18,21)(H,19,20). The highest BCUT2D eigenvalue weighted by Crippen LogP contribution is 2.22. The van der Waals surface area contributed by atoms with Crippen molar-refractivity contribution >= 4 is 29.1 Å². The summed E-state index contributed by atoms with van der Waals surface area (Å²) in [6.07, 6.45) is 0.805. The van der Waals surface area contributed by atoms with E-state index < -0.39 is 0 Å². The second kappa shape index (κ2) is 6.91. The molecule has 1 unspecified atom stereocenters. The molecule has 1 atom stereocenters. The van der Waals surface area contributed by atoms with Gasteiger partial charge in [-0.3, -0.25) is 9.59 Å². The number of nitrogens with one attached hydrogen (secondary N) is 3. The van der Waals surface area contributed by atoms with E-state index in [9.17, 15) is 9.59 Å². The topological polar surface area (TPSA) is 70.2 Å². The van der Waals surface area contributed by atoms with Gasteiger partial charge < -0.3 is 16.0 Å². The molecule has 21 heavy (non-hydrogen) atoms. The molecule has 0 radical (unpaired) electrons. The van der Waals surface area contributed by atoms with Crippen molar-refractivity contribution in [3.8, 4) is 0 Å². The lowest BCUT2D eigenvalue weighted by Gasteiger charge is -2.15. The highest BCUT2D eigenvalue weighted by molar-refractivity contribution is 6.31. The summed E-state index contributed by atoms with van der Waals surface area (Å²) in [6.45, 7) is 5.28. The Morgan fingerprint density at radius 3 is 2.76 bits per heavy atom. The minimum absolute atomic E-state index is 0.0239. The van der Waals surface area contributed by atoms with E-state index in [0.717, 1.165) is 13.0 Å². The molecule has 2 amide bonds. The Hall–Kier alpha value is -1.59. The van der Waals surface area contributed by atoms with Gasteiger partial charge in [-0.2, -0.15) is 0 Å². The fraction of sp³-hybridized carbons (Fsp3) is 0.467. The summed E-state index contributed by atoms with van der Waals surface area (Å²) >= 11 is 5.98. The summed E-state index contributed by atoms with van der Waals surface area (Å²) in [5.41, 5.74) is 0.880. The van der Waals surface area contributed by atoms with Crippen LogP contribution >= 0.6 is 11.6 Å². The van der Waals surface area contributed by atoms with Gasteiger partial charge in [0.1, 0.15) is 0 Å². The van der Waals surface area contributed by atoms with Crippen LogP contribution in [0.4, 0.5) is 5.69 Å². The van der Waals surface area contributed by atoms with Crippen LogP contribution in [0.15, 0.2) is 18.2 Å². The molecule has 1 fully saturated rings. The Morgan fingerprint density at radius 1 is 1.38 bits per heavy atom. The van der Waals surface area contributed by atoms with Crippen LogP contribution in [0.1, 0.15) is 30.6 Å². The Kier molecular flexibility index (Phi) is 5.20. The maximum absolute atomic E-state index is 12.2. The number of hydrogen-bond acceptors (Lipinski definition) is 3. The zero-order valence-electron chi connectivity index (χ0n) is 12.2. The molecule has 1 aliphatic rings. The van der Waals surface area contributed by atoms with Crippen molar-refractivity contribution in [3.05, 3.63) is 28.8 Å². The maximum Gasteiger partial charge on any atom is 0.253 e. The molecule has 114 valence electrons. The number of benzene rings is 1. The molecule has 0 saturated carbocycles. The normalized spacial score (nSPS) is 17.8. The number of hydrogen-bond donors (Lipinski definition) is 3. The molecule has 0 aliphatic carbocycles. The van der Waals surface area contributed by atoms with Gasteiger partial charge in [0.25, 0.3) is 5.91 Å². The van der Waals surface area contributed by atoms with E-state index in [2.05, 4.69) is 16.0 Å². The number of halogens is 1. The SMILES string of the molecule is CC(C)NC(=O)c1ccc(Cl)cc1NC(=O)C1CCNC1. The smallest absolute Gasteiger partial charge is 0.253 e. The lowest BCUT2D eigenvalue weighted by atomic mass is 10.1. The lowest BCUT2D eigenvalue weighted by Crippen LogP contribution is -2.32. The summed E-state index contributed by atoms with van der Waals surface area (Å²) in [6, 6.07) is 4.90. The second-order valence-corrected chi connectivity index (χ2v) is 5.93. The molecule has 1 aromatic rings. The summed E-state index contributed by atoms with van der Waals surface area (Å²) in [7, 11) is 0. The van der Waals surface area contributed by atoms with Crippen LogP contribution in [0, 0.1) is 5.92 Å². The van der Waals surface area contributed by atoms with Crippen LogP contribution in [-0.4, -0.2) is 30.9 Å². The van der Waals surface area contributed by atoms with Gasteiger partial charge in [-0.25, -0.2) is 0 Å². The Labute approximate surface area is 129 Å². The first-order chi connectivity index (χ1) is 9.97. The van der Waals surface area contributed by atoms with Crippen molar-refractivity contribution in [1.29, 1.82) is 0 Å². The van der Waals surface area contributed by atoms with Gasteiger partial charge in [-0.05, 0) is 45.0 Å². The van der Waals surface area contributed by atoms with E-state index in [4.69, 9.17) is 11.6 Å². The van der Waals surface area contributed by atoms with Gasteiger partial charge in [-0.15, -0.1) is 0 Å². The van der Waals surface area contributed by atoms with E-state index in [1.807, 2.05) is 13.8 Å². The highest BCUT2D eigenvalue weighted by Gasteiger charge is 2.24. The van der Waals surface area contributed by atoms with Gasteiger partial charge >= 0.3 is 0 Å². The Bertz CT molecular complexity index is 540. The summed E-state index contributed by atoms with van der Waals surface area (Å²) in [5, 5.41) is 9.27. The first-order valence-corrected chi connectivity index (χ1v) is 7.47. The molecule has 6 heteroatoms. The molecule has 1 aromatic carbocycles. The average Bonchev–Trinajstić information content (AvgIpc) is 2.91. The molecule has 5 nitrogen and oxygen atoms in total. The van der Waals surface area contributed by atoms with Crippen LogP contribution in [-0.2, 0) is 4.79 Å². The number of rotatable bonds is 4. The summed E-state index contributed by atoms with van der Waals surface area (Å²) in [4.78, 5) is 24.4. The predicted molar refractivity (Wildman–Crippen MR) is 83.7 cm³/mol. The Balaban J connectivity index is 2.18. The second-order valence-electron chi connectivity index (χ2n) is 5.50. The van der Waals surface area contributed by atoms with E-state index in [0.29, 0.717) is 22.8 Å². The molecular formula is C15H20ClN3O2. The maximum atomic E-state index is 12.2. The third-order valence-corrected chi connectivity index (χ3v) is 3.57. The zero-order chi connectivity index (χ0) is 15.4. The van der Waals surface area contributed by atoms with Crippen LogP contribution in [0.25, 0.3) is 0 Å². The van der Waals surface area contributed by atoms with Gasteiger partial charge in [0, 0.05) is 17.6 Å². The van der Waals surface area contributed by atoms with E-state index in [-0.39, 0.29) is 23.8 Å². The van der Waals surface area contributed by atoms with Crippen LogP contribution < -0.4 is 16.0 Å². The van der Waals surface area contributed by atoms with Crippen molar-refractivity contribution in [2.24, 2.45) is 5.92 Å². The Morgan fingerprint density at radius 2 is 2.14 bits per heavy atom. The van der Waals surface area contributed by atoms with Gasteiger partial charge in [0.05, 0.1) is 17.2 Å². The molecule has 1 saturated heterocycles. The summed E-state index contributed by atoms with van der Waals surface area (Å²) < 4.78 is 0. The van der Waals surface area contributed by atoms with Crippen molar-refractivity contribution in [3.63, 3.8) is 0 Å². The molecule has 1 aliphatic heterocycles. The first-order valence-electron chi connectivity index (χ1n) is 7.09. The van der Waals surface area contributed by atoms with Crippen LogP contribution in [0.2, 0.25) is 5.02 Å². The fourth-order valence-corrected chi connectivity index (χ4v) is 2.44. The molecule has 3 N–H and O–H groups in total. The highest BCUT2D eigenvalue weighted by atomic mass is 35.5. The molecule has 0 aromatic heterocycles. The fourth-order valence-electron chi connectivity index (χ4n) is 2.27. The number of amides is 2. The third-order valence-electron chi connectivity index (χ3n) is 3.33. The van der Waals surface area contributed by atoms with E-state index >= 15 is 0 Å². The average molecular weight is 310 g/mol. The quantitative estimate of drug-likeness (QED) is 0.797. The van der Waals surface area contributed by atoms with Crippen LogP contribution in [0.5, 0.6) is 0 Å². The van der Waals surface area contributed by atoms with Gasteiger partial charge in [0.15, 0.2) is 0 Å². The monoisotopic (exact) mass is 309 g/mol. The first kappa shape index (κ1) is 15.8. The molecular weight excluding hydrogens is 290 g/mol. The lowest BCUT2D eigenvalue weighted by molar-refractivity contribution is -0.119. The summed E-state index contributed by atoms with van der Waals surface area (Å²) in [5.74, 6) is -0.368. The number of carbonyl (C=O) groups is 2. The number of anilines is 1. The number of carbonyl (C=O) groups excluding carboxylic acids is 2. The van der Waals surface area contributed by atoms with Crippen molar-refractivity contribution < 1.29 is 9.59 Å². The predicted octanol–water partition coefficient (Wildman–Crippen LogP) is 2.03. The largest absolute Gasteiger partial charge is 0.350 e. The minimum Gasteiger partial charge on any atom is -0.350 e. The molecule has 1 heterocycles. The minimum atomic E-state index is -0.221. The van der Waals surface area contributed by atoms with Gasteiger partial charge in [0.2, 0.25) is 5.91 Å². The molecule has 2 rings (SSSR count). The van der Waals surface area contributed by atoms with E-state index in [1.165, 1.54) is 0 Å². The third kappa shape index (κ3) is 4.19. The van der Waals surface area contributed by atoms with Crippen molar-refractivity contribution in [2.75, 3.05) is 18.4 Å². The van der Waals surface area contributed by atoms with Crippen molar-refractivity contribution in [2.45, 2.75) is 26.3 Å². The van der Waals surface area contributed by atoms with Gasteiger partial charge in [-0.1, -0.05) is 11.6 Å². The molecule has 0 spiro atoms. The zero-order valence-corrected chi connectivity index (χ0v) is 13.0. The van der Waals surface area contributed by atoms with E-state index in [1.54, 1.807) is 18.2 Å². The van der Waals surface area contributed by atoms with Crippen molar-refractivity contribution in [1.82, 2.24) is 10.6 Å². The van der Waals surface area contributed by atoms with Crippen LogP contribution in [0.3, 0.4) is 0 Å². The molecule has 0 bridgehead atoms.